The van der Waals surface area contributed by atoms with Gasteiger partial charge in [0.25, 0.3) is 5.91 Å². The van der Waals surface area contributed by atoms with Crippen LogP contribution in [-0.4, -0.2) is 59.5 Å². The van der Waals surface area contributed by atoms with Crippen molar-refractivity contribution in [2.75, 3.05) is 26.7 Å². The van der Waals surface area contributed by atoms with Crippen molar-refractivity contribution in [2.45, 2.75) is 19.4 Å². The summed E-state index contributed by atoms with van der Waals surface area (Å²) in [4.78, 5) is 27.0. The molecule has 2 heterocycles. The number of hydrogen-bond donors (Lipinski definition) is 1. The van der Waals surface area contributed by atoms with Crippen molar-refractivity contribution in [1.29, 1.82) is 0 Å². The Balaban J connectivity index is 1.89. The van der Waals surface area contributed by atoms with Crippen molar-refractivity contribution < 1.29 is 19.1 Å². The molecule has 2 rings (SSSR count). The summed E-state index contributed by atoms with van der Waals surface area (Å²) in [6, 6.07) is 3.20. The van der Waals surface area contributed by atoms with Gasteiger partial charge in [-0.1, -0.05) is 6.92 Å². The lowest BCUT2D eigenvalue weighted by atomic mass is 9.96. The summed E-state index contributed by atoms with van der Waals surface area (Å²) in [5, 5.41) is 9.80. The molecule has 20 heavy (non-hydrogen) atoms. The van der Waals surface area contributed by atoms with Crippen LogP contribution >= 0.6 is 0 Å². The third kappa shape index (κ3) is 3.19. The van der Waals surface area contributed by atoms with E-state index in [1.54, 1.807) is 24.1 Å². The first-order valence-electron chi connectivity index (χ1n) is 6.74. The van der Waals surface area contributed by atoms with E-state index in [0.717, 1.165) is 6.42 Å². The van der Waals surface area contributed by atoms with Crippen LogP contribution in [0.1, 0.15) is 23.9 Å². The van der Waals surface area contributed by atoms with Gasteiger partial charge in [0.2, 0.25) is 5.91 Å². The van der Waals surface area contributed by atoms with E-state index >= 15 is 0 Å². The third-order valence-corrected chi connectivity index (χ3v) is 3.72. The van der Waals surface area contributed by atoms with Gasteiger partial charge in [-0.3, -0.25) is 9.59 Å². The number of hydrogen-bond acceptors (Lipinski definition) is 4. The minimum atomic E-state index is -0.487. The van der Waals surface area contributed by atoms with Crippen molar-refractivity contribution in [3.05, 3.63) is 24.2 Å². The minimum absolute atomic E-state index is 0.0133. The molecule has 0 aliphatic carbocycles. The van der Waals surface area contributed by atoms with Gasteiger partial charge in [-0.25, -0.2) is 0 Å². The van der Waals surface area contributed by atoms with Crippen LogP contribution in [0.25, 0.3) is 0 Å². The molecule has 1 fully saturated rings. The van der Waals surface area contributed by atoms with E-state index in [-0.39, 0.29) is 30.0 Å². The largest absolute Gasteiger partial charge is 0.459 e. The number of β-amino-alcohol motifs (C(OH)–C–C–N with tert-alkyl or cyclic N) is 1. The monoisotopic (exact) mass is 280 g/mol. The molecule has 6 heteroatoms. The molecule has 1 saturated heterocycles. The normalized spacial score (nSPS) is 22.6. The fraction of sp³-hybridized carbons (Fsp3) is 0.571. The molecular formula is C14H20N2O4. The average molecular weight is 280 g/mol. The lowest BCUT2D eigenvalue weighted by Crippen LogP contribution is -2.49. The second kappa shape index (κ2) is 6.09. The zero-order valence-electron chi connectivity index (χ0n) is 11.8. The molecule has 1 aromatic rings. The van der Waals surface area contributed by atoms with Crippen LogP contribution in [0.2, 0.25) is 0 Å². The molecule has 1 aromatic heterocycles. The number of likely N-dealkylation sites (tertiary alicyclic amines) is 1. The van der Waals surface area contributed by atoms with Crippen molar-refractivity contribution in [3.8, 4) is 0 Å². The molecule has 2 amide bonds. The smallest absolute Gasteiger partial charge is 0.289 e. The van der Waals surface area contributed by atoms with E-state index < -0.39 is 6.10 Å². The van der Waals surface area contributed by atoms with Crippen molar-refractivity contribution in [1.82, 2.24) is 9.80 Å². The molecule has 0 radical (unpaired) electrons. The van der Waals surface area contributed by atoms with E-state index in [9.17, 15) is 14.7 Å². The summed E-state index contributed by atoms with van der Waals surface area (Å²) in [5.41, 5.74) is 0. The Kier molecular flexibility index (Phi) is 4.44. The van der Waals surface area contributed by atoms with Crippen LogP contribution in [0.5, 0.6) is 0 Å². The standard InChI is InChI=1S/C14H20N2O4/c1-10-5-6-16(8-11(10)17)13(18)9-15(2)14(19)12-4-3-7-20-12/h3-4,7,10-11,17H,5-6,8-9H2,1-2H3. The van der Waals surface area contributed by atoms with E-state index in [0.29, 0.717) is 13.1 Å². The lowest BCUT2D eigenvalue weighted by molar-refractivity contribution is -0.135. The third-order valence-electron chi connectivity index (χ3n) is 3.72. The first-order valence-corrected chi connectivity index (χ1v) is 6.74. The highest BCUT2D eigenvalue weighted by atomic mass is 16.3. The summed E-state index contributed by atoms with van der Waals surface area (Å²) in [6.45, 7) is 2.92. The molecule has 0 saturated carbocycles. The molecule has 110 valence electrons. The van der Waals surface area contributed by atoms with Gasteiger partial charge >= 0.3 is 0 Å². The van der Waals surface area contributed by atoms with Crippen LogP contribution in [0.3, 0.4) is 0 Å². The quantitative estimate of drug-likeness (QED) is 0.879. The maximum Gasteiger partial charge on any atom is 0.289 e. The maximum atomic E-state index is 12.1. The number of carbonyl (C=O) groups is 2. The number of piperidine rings is 1. The van der Waals surface area contributed by atoms with E-state index in [1.807, 2.05) is 6.92 Å². The highest BCUT2D eigenvalue weighted by Crippen LogP contribution is 2.17. The summed E-state index contributed by atoms with van der Waals surface area (Å²) in [5.74, 6) is -0.0539. The Morgan fingerprint density at radius 2 is 2.30 bits per heavy atom. The summed E-state index contributed by atoms with van der Waals surface area (Å²) >= 11 is 0. The van der Waals surface area contributed by atoms with Crippen LogP contribution in [0.15, 0.2) is 22.8 Å². The van der Waals surface area contributed by atoms with Crippen molar-refractivity contribution in [2.24, 2.45) is 5.92 Å². The topological polar surface area (TPSA) is 74.0 Å². The van der Waals surface area contributed by atoms with Gasteiger partial charge in [0, 0.05) is 20.1 Å². The fourth-order valence-electron chi connectivity index (χ4n) is 2.24. The summed E-state index contributed by atoms with van der Waals surface area (Å²) < 4.78 is 5.02. The molecule has 2 atom stereocenters. The second-order valence-electron chi connectivity index (χ2n) is 5.31. The van der Waals surface area contributed by atoms with Gasteiger partial charge in [-0.15, -0.1) is 0 Å². The predicted octanol–water partition coefficient (Wildman–Crippen LogP) is 0.581. The first kappa shape index (κ1) is 14.6. The highest BCUT2D eigenvalue weighted by Gasteiger charge is 2.28. The van der Waals surface area contributed by atoms with Crippen LogP contribution in [-0.2, 0) is 4.79 Å². The molecule has 1 N–H and O–H groups in total. The first-order chi connectivity index (χ1) is 9.49. The van der Waals surface area contributed by atoms with Gasteiger partial charge in [-0.05, 0) is 24.5 Å². The van der Waals surface area contributed by atoms with Gasteiger partial charge in [0.1, 0.15) is 0 Å². The minimum Gasteiger partial charge on any atom is -0.459 e. The summed E-state index contributed by atoms with van der Waals surface area (Å²) in [6.07, 6.45) is 1.72. The number of aliphatic hydroxyl groups is 1. The fourth-order valence-corrected chi connectivity index (χ4v) is 2.24. The Labute approximate surface area is 118 Å². The van der Waals surface area contributed by atoms with E-state index in [1.165, 1.54) is 11.2 Å². The number of rotatable bonds is 3. The SMILES string of the molecule is CC1CCN(C(=O)CN(C)C(=O)c2ccco2)CC1O. The van der Waals surface area contributed by atoms with Crippen molar-refractivity contribution >= 4 is 11.8 Å². The number of furan rings is 1. The molecule has 6 nitrogen and oxygen atoms in total. The number of nitrogens with zero attached hydrogens (tertiary/aromatic N) is 2. The molecule has 2 unspecified atom stereocenters. The van der Waals surface area contributed by atoms with Gasteiger partial charge in [0.05, 0.1) is 18.9 Å². The Morgan fingerprint density at radius 1 is 1.55 bits per heavy atom. The molecule has 1 aliphatic heterocycles. The Morgan fingerprint density at radius 3 is 2.90 bits per heavy atom. The van der Waals surface area contributed by atoms with Crippen LogP contribution in [0, 0.1) is 5.92 Å². The molecule has 0 spiro atoms. The van der Waals surface area contributed by atoms with Crippen LogP contribution in [0.4, 0.5) is 0 Å². The van der Waals surface area contributed by atoms with Gasteiger partial charge in [-0.2, -0.15) is 0 Å². The maximum absolute atomic E-state index is 12.1. The van der Waals surface area contributed by atoms with Crippen molar-refractivity contribution in [3.63, 3.8) is 0 Å². The molecule has 0 bridgehead atoms. The molecule has 1 aliphatic rings. The van der Waals surface area contributed by atoms with E-state index in [2.05, 4.69) is 0 Å². The lowest BCUT2D eigenvalue weighted by Gasteiger charge is -2.35. The Hall–Kier alpha value is -1.82. The highest BCUT2D eigenvalue weighted by molar-refractivity contribution is 5.94. The number of carbonyl (C=O) groups excluding carboxylic acids is 2. The van der Waals surface area contributed by atoms with Gasteiger partial charge < -0.3 is 19.3 Å². The zero-order valence-corrected chi connectivity index (χ0v) is 11.8. The van der Waals surface area contributed by atoms with E-state index in [4.69, 9.17) is 4.42 Å². The average Bonchev–Trinajstić information content (AvgIpc) is 2.94. The predicted molar refractivity (Wildman–Crippen MR) is 72.0 cm³/mol. The number of likely N-dealkylation sites (N-methyl/N-ethyl adjacent to an activating group) is 1. The van der Waals surface area contributed by atoms with Crippen LogP contribution < -0.4 is 0 Å². The zero-order chi connectivity index (χ0) is 14.7. The summed E-state index contributed by atoms with van der Waals surface area (Å²) in [7, 11) is 1.56. The molecular weight excluding hydrogens is 260 g/mol. The van der Waals surface area contributed by atoms with Gasteiger partial charge in [0.15, 0.2) is 5.76 Å². The number of aliphatic hydroxyl groups excluding tert-OH is 1. The Bertz CT molecular complexity index is 472. The molecule has 0 aromatic carbocycles. The number of amides is 2. The second-order valence-corrected chi connectivity index (χ2v) is 5.31.